The highest BCUT2D eigenvalue weighted by Gasteiger charge is 2.39. The quantitative estimate of drug-likeness (QED) is 0.513. The molecule has 1 aliphatic carbocycles. The van der Waals surface area contributed by atoms with Crippen molar-refractivity contribution in [3.8, 4) is 11.8 Å². The Morgan fingerprint density at radius 2 is 1.97 bits per heavy atom. The summed E-state index contributed by atoms with van der Waals surface area (Å²) < 4.78 is 33.8. The minimum absolute atomic E-state index is 0.198. The second kappa shape index (κ2) is 7.24. The summed E-state index contributed by atoms with van der Waals surface area (Å²) in [6.45, 7) is 1.91. The maximum atomic E-state index is 13.5. The highest BCUT2D eigenvalue weighted by atomic mass is 32.2. The van der Waals surface area contributed by atoms with Crippen LogP contribution < -0.4 is 4.74 Å². The van der Waals surface area contributed by atoms with Gasteiger partial charge >= 0.3 is 0 Å². The third kappa shape index (κ3) is 2.93. The molecule has 2 heterocycles. The molecule has 7 nitrogen and oxygen atoms in total. The Morgan fingerprint density at radius 1 is 1.19 bits per heavy atom. The molecule has 1 N–H and O–H groups in total. The first-order valence-corrected chi connectivity index (χ1v) is 11.8. The highest BCUT2D eigenvalue weighted by molar-refractivity contribution is 7.90. The number of aromatic nitrogens is 3. The van der Waals surface area contributed by atoms with Gasteiger partial charge in [0.15, 0.2) is 0 Å². The number of methoxy groups -OCH3 is 1. The van der Waals surface area contributed by atoms with E-state index in [2.05, 4.69) is 16.3 Å². The summed E-state index contributed by atoms with van der Waals surface area (Å²) in [6.07, 6.45) is 5.20. The third-order valence-electron chi connectivity index (χ3n) is 6.39. The molecular weight excluding hydrogens is 424 g/mol. The summed E-state index contributed by atoms with van der Waals surface area (Å²) in [6, 6.07) is 14.7. The summed E-state index contributed by atoms with van der Waals surface area (Å²) >= 11 is 0. The molecule has 4 aromatic rings. The minimum atomic E-state index is -3.85. The molecule has 0 saturated heterocycles. The minimum Gasteiger partial charge on any atom is -0.495 e. The Hall–Kier alpha value is -3.57. The van der Waals surface area contributed by atoms with Crippen LogP contribution in [0.4, 0.5) is 0 Å². The normalized spacial score (nSPS) is 18.3. The molecule has 2 aromatic carbocycles. The number of ether oxygens (including phenoxy) is 1. The van der Waals surface area contributed by atoms with Crippen molar-refractivity contribution in [2.75, 3.05) is 7.11 Å². The van der Waals surface area contributed by atoms with Crippen molar-refractivity contribution in [3.63, 3.8) is 0 Å². The maximum absolute atomic E-state index is 13.5. The van der Waals surface area contributed by atoms with Crippen LogP contribution in [0.25, 0.3) is 10.9 Å². The number of H-pyrrole nitrogens is 1. The fourth-order valence-electron chi connectivity index (χ4n) is 4.65. The molecule has 1 atom stereocenters. The Labute approximate surface area is 186 Å². The van der Waals surface area contributed by atoms with Crippen LogP contribution in [0.1, 0.15) is 28.8 Å². The fraction of sp³-hybridized carbons (Fsp3) is 0.250. The lowest BCUT2D eigenvalue weighted by molar-refractivity contribution is 0.417. The molecule has 2 aromatic heterocycles. The number of nitriles is 1. The van der Waals surface area contributed by atoms with Crippen molar-refractivity contribution in [2.24, 2.45) is 0 Å². The number of aromatic amines is 1. The number of hydrogen-bond acceptors (Lipinski definition) is 5. The van der Waals surface area contributed by atoms with Gasteiger partial charge in [0.2, 0.25) is 0 Å². The number of rotatable bonds is 4. The van der Waals surface area contributed by atoms with E-state index in [0.717, 1.165) is 22.4 Å². The van der Waals surface area contributed by atoms with Crippen molar-refractivity contribution >= 4 is 20.9 Å². The van der Waals surface area contributed by atoms with Gasteiger partial charge in [-0.1, -0.05) is 23.8 Å². The molecule has 0 aliphatic heterocycles. The van der Waals surface area contributed by atoms with E-state index < -0.39 is 15.4 Å². The van der Waals surface area contributed by atoms with Crippen molar-refractivity contribution in [1.82, 2.24) is 14.2 Å². The standard InChI is InChI=1S/C24H22N4O3S/c1-16-3-5-18(6-4-16)32(29,30)28-12-10-19-20(7-8-22(31-2)23(19)28)24(15-25)11-9-21-17(13-24)14-26-27-21/h3-8,10,12,14H,9,11,13H2,1-2H3,(H,26,27). The summed E-state index contributed by atoms with van der Waals surface area (Å²) in [5, 5.41) is 18.2. The van der Waals surface area contributed by atoms with Crippen LogP contribution in [0, 0.1) is 18.3 Å². The van der Waals surface area contributed by atoms with Crippen LogP contribution in [0.3, 0.4) is 0 Å². The molecule has 0 fully saturated rings. The first-order valence-electron chi connectivity index (χ1n) is 10.3. The Bertz CT molecular complexity index is 1480. The van der Waals surface area contributed by atoms with Gasteiger partial charge in [0, 0.05) is 17.8 Å². The van der Waals surface area contributed by atoms with Gasteiger partial charge in [-0.3, -0.25) is 5.10 Å². The molecule has 0 spiro atoms. The van der Waals surface area contributed by atoms with E-state index in [4.69, 9.17) is 4.74 Å². The number of nitrogens with one attached hydrogen (secondary N) is 1. The number of nitrogens with zero attached hydrogens (tertiary/aromatic N) is 3. The third-order valence-corrected chi connectivity index (χ3v) is 8.08. The summed E-state index contributed by atoms with van der Waals surface area (Å²) in [4.78, 5) is 0.198. The van der Waals surface area contributed by atoms with E-state index in [9.17, 15) is 13.7 Å². The van der Waals surface area contributed by atoms with Gasteiger partial charge in [-0.25, -0.2) is 12.4 Å². The van der Waals surface area contributed by atoms with Crippen LogP contribution in [0.5, 0.6) is 5.75 Å². The smallest absolute Gasteiger partial charge is 0.268 e. The van der Waals surface area contributed by atoms with Crippen LogP contribution >= 0.6 is 0 Å². The zero-order valence-electron chi connectivity index (χ0n) is 17.8. The van der Waals surface area contributed by atoms with Gasteiger partial charge in [-0.05, 0) is 61.6 Å². The molecule has 0 bridgehead atoms. The zero-order chi connectivity index (χ0) is 22.5. The molecule has 0 saturated carbocycles. The average Bonchev–Trinajstić information content (AvgIpc) is 3.45. The van der Waals surface area contributed by atoms with E-state index in [1.807, 2.05) is 19.2 Å². The van der Waals surface area contributed by atoms with Gasteiger partial charge in [0.1, 0.15) is 11.3 Å². The largest absolute Gasteiger partial charge is 0.495 e. The lowest BCUT2D eigenvalue weighted by atomic mass is 9.69. The van der Waals surface area contributed by atoms with Gasteiger partial charge in [0.25, 0.3) is 10.0 Å². The lowest BCUT2D eigenvalue weighted by Gasteiger charge is -2.31. The van der Waals surface area contributed by atoms with Crippen molar-refractivity contribution in [2.45, 2.75) is 36.5 Å². The highest BCUT2D eigenvalue weighted by Crippen LogP contribution is 2.43. The van der Waals surface area contributed by atoms with Gasteiger partial charge in [-0.15, -0.1) is 0 Å². The molecule has 32 heavy (non-hydrogen) atoms. The molecule has 8 heteroatoms. The topological polar surface area (TPSA) is 101 Å². The van der Waals surface area contributed by atoms with Crippen LogP contribution in [-0.2, 0) is 28.3 Å². The molecule has 0 amide bonds. The van der Waals surface area contributed by atoms with Crippen molar-refractivity contribution < 1.29 is 13.2 Å². The number of benzene rings is 2. The van der Waals surface area contributed by atoms with Gasteiger partial charge in [-0.2, -0.15) is 10.4 Å². The maximum Gasteiger partial charge on any atom is 0.268 e. The van der Waals surface area contributed by atoms with Crippen molar-refractivity contribution in [3.05, 3.63) is 77.2 Å². The molecule has 1 aliphatic rings. The second-order valence-electron chi connectivity index (χ2n) is 8.24. The summed E-state index contributed by atoms with van der Waals surface area (Å²) in [5.41, 5.74) is 3.46. The molecule has 162 valence electrons. The predicted molar refractivity (Wildman–Crippen MR) is 120 cm³/mol. The molecule has 1 unspecified atom stereocenters. The number of aryl methyl sites for hydroxylation is 2. The van der Waals surface area contributed by atoms with Gasteiger partial charge in [0.05, 0.1) is 29.2 Å². The molecule has 5 rings (SSSR count). The Kier molecular flexibility index (Phi) is 4.60. The van der Waals surface area contributed by atoms with E-state index in [1.54, 1.807) is 42.6 Å². The number of fused-ring (bicyclic) bond motifs is 2. The zero-order valence-corrected chi connectivity index (χ0v) is 18.6. The van der Waals surface area contributed by atoms with Crippen molar-refractivity contribution in [1.29, 1.82) is 5.26 Å². The summed E-state index contributed by atoms with van der Waals surface area (Å²) in [5.74, 6) is 0.442. The average molecular weight is 447 g/mol. The Morgan fingerprint density at radius 3 is 2.69 bits per heavy atom. The van der Waals surface area contributed by atoms with Crippen LogP contribution in [0.15, 0.2) is 59.8 Å². The van der Waals surface area contributed by atoms with E-state index in [1.165, 1.54) is 11.1 Å². The first-order chi connectivity index (χ1) is 15.4. The molecule has 0 radical (unpaired) electrons. The van der Waals surface area contributed by atoms with E-state index in [0.29, 0.717) is 35.9 Å². The van der Waals surface area contributed by atoms with Crippen LogP contribution in [0.2, 0.25) is 0 Å². The predicted octanol–water partition coefficient (Wildman–Crippen LogP) is 3.87. The second-order valence-corrected chi connectivity index (χ2v) is 10.1. The van der Waals surface area contributed by atoms with Gasteiger partial charge < -0.3 is 4.74 Å². The fourth-order valence-corrected chi connectivity index (χ4v) is 6.01. The monoisotopic (exact) mass is 446 g/mol. The lowest BCUT2D eigenvalue weighted by Crippen LogP contribution is -2.32. The summed E-state index contributed by atoms with van der Waals surface area (Å²) in [7, 11) is -2.33. The SMILES string of the molecule is COc1ccc(C2(C#N)CCc3n[nH]cc3C2)c2ccn(S(=O)(=O)c3ccc(C)cc3)c12. The van der Waals surface area contributed by atoms with Crippen LogP contribution in [-0.4, -0.2) is 29.7 Å². The Balaban J connectivity index is 1.72. The van der Waals surface area contributed by atoms with E-state index >= 15 is 0 Å². The number of hydrogen-bond donors (Lipinski definition) is 1. The van der Waals surface area contributed by atoms with E-state index in [-0.39, 0.29) is 4.90 Å². The molecular formula is C24H22N4O3S. The first kappa shape index (κ1) is 20.3.